The van der Waals surface area contributed by atoms with Gasteiger partial charge in [0.05, 0.1) is 21.8 Å². The average Bonchev–Trinajstić information content (AvgIpc) is 2.35. The topological polar surface area (TPSA) is 66.4 Å². The van der Waals surface area contributed by atoms with Gasteiger partial charge in [-0.25, -0.2) is 8.42 Å². The van der Waals surface area contributed by atoms with E-state index in [9.17, 15) is 26.1 Å². The molecule has 1 saturated heterocycles. The summed E-state index contributed by atoms with van der Waals surface area (Å²) in [6.07, 6.45) is -4.24. The Balaban J connectivity index is 2.17. The molecule has 2 atom stereocenters. The van der Waals surface area contributed by atoms with Gasteiger partial charge in [-0.05, 0) is 36.5 Å². The maximum absolute atomic E-state index is 12.6. The Hall–Kier alpha value is -0.640. The molecule has 0 aliphatic carbocycles. The number of alkyl halides is 3. The molecule has 0 spiro atoms. The third-order valence-electron chi connectivity index (χ3n) is 3.51. The second kappa shape index (κ2) is 6.46. The summed E-state index contributed by atoms with van der Waals surface area (Å²) in [7, 11) is -4.33. The summed E-state index contributed by atoms with van der Waals surface area (Å²) in [6.45, 7) is 0.262. The predicted molar refractivity (Wildman–Crippen MR) is 75.1 cm³/mol. The van der Waals surface area contributed by atoms with Crippen LogP contribution in [0.2, 0.25) is 0 Å². The molecule has 1 aliphatic rings. The zero-order chi connectivity index (χ0) is 16.5. The highest BCUT2D eigenvalue weighted by Gasteiger charge is 2.32. The van der Waals surface area contributed by atoms with E-state index in [-0.39, 0.29) is 23.4 Å². The smallest absolute Gasteiger partial charge is 0.416 e. The Morgan fingerprint density at radius 2 is 2.05 bits per heavy atom. The van der Waals surface area contributed by atoms with E-state index in [0.717, 1.165) is 12.1 Å². The van der Waals surface area contributed by atoms with Crippen molar-refractivity contribution in [3.05, 3.63) is 33.8 Å². The second-order valence-corrected chi connectivity index (χ2v) is 7.51. The standard InChI is InChI=1S/C13H14BrF3O4S/c14-11-6-9(13(15,16)17)1-2-10(11)12-5-8(3-4-21-12)7-22(18,19)20/h1-2,6,8,12H,3-5,7H2,(H,18,19,20)/p-1. The Morgan fingerprint density at radius 1 is 1.36 bits per heavy atom. The number of benzene rings is 1. The van der Waals surface area contributed by atoms with Crippen LogP contribution in [0.15, 0.2) is 22.7 Å². The quantitative estimate of drug-likeness (QED) is 0.727. The van der Waals surface area contributed by atoms with E-state index in [4.69, 9.17) is 4.74 Å². The normalized spacial score (nSPS) is 23.5. The number of hydrogen-bond donors (Lipinski definition) is 0. The fraction of sp³-hybridized carbons (Fsp3) is 0.538. The average molecular weight is 402 g/mol. The van der Waals surface area contributed by atoms with Crippen LogP contribution in [0, 0.1) is 5.92 Å². The molecule has 1 aromatic carbocycles. The Labute approximate surface area is 134 Å². The Morgan fingerprint density at radius 3 is 2.59 bits per heavy atom. The molecule has 0 saturated carbocycles. The lowest BCUT2D eigenvalue weighted by Crippen LogP contribution is -2.26. The third-order valence-corrected chi connectivity index (χ3v) is 5.07. The van der Waals surface area contributed by atoms with Gasteiger partial charge in [-0.1, -0.05) is 22.0 Å². The van der Waals surface area contributed by atoms with Crippen LogP contribution in [0.4, 0.5) is 13.2 Å². The minimum atomic E-state index is -4.44. The molecule has 1 aliphatic heterocycles. The molecule has 0 aromatic heterocycles. The van der Waals surface area contributed by atoms with Gasteiger partial charge < -0.3 is 9.29 Å². The molecule has 4 nitrogen and oxygen atoms in total. The van der Waals surface area contributed by atoms with Crippen molar-refractivity contribution in [2.24, 2.45) is 5.92 Å². The molecule has 22 heavy (non-hydrogen) atoms. The largest absolute Gasteiger partial charge is 0.748 e. The second-order valence-electron chi connectivity index (χ2n) is 5.21. The van der Waals surface area contributed by atoms with Crippen LogP contribution in [-0.4, -0.2) is 25.3 Å². The van der Waals surface area contributed by atoms with Gasteiger partial charge >= 0.3 is 6.18 Å². The van der Waals surface area contributed by atoms with E-state index in [2.05, 4.69) is 15.9 Å². The summed E-state index contributed by atoms with van der Waals surface area (Å²) in [5, 5.41) is 0. The molecule has 0 amide bonds. The summed E-state index contributed by atoms with van der Waals surface area (Å²) in [5.41, 5.74) is -0.265. The van der Waals surface area contributed by atoms with Gasteiger partial charge in [0.2, 0.25) is 0 Å². The van der Waals surface area contributed by atoms with E-state index in [1.54, 1.807) is 0 Å². The lowest BCUT2D eigenvalue weighted by Gasteiger charge is -2.31. The minimum Gasteiger partial charge on any atom is -0.748 e. The van der Waals surface area contributed by atoms with E-state index in [1.807, 2.05) is 0 Å². The van der Waals surface area contributed by atoms with Crippen LogP contribution >= 0.6 is 15.9 Å². The molecule has 0 radical (unpaired) electrons. The Kier molecular flexibility index (Phi) is 5.20. The van der Waals surface area contributed by atoms with Crippen molar-refractivity contribution in [3.8, 4) is 0 Å². The van der Waals surface area contributed by atoms with Crippen molar-refractivity contribution in [1.29, 1.82) is 0 Å². The van der Waals surface area contributed by atoms with Crippen LogP contribution in [0.25, 0.3) is 0 Å². The van der Waals surface area contributed by atoms with Crippen molar-refractivity contribution < 1.29 is 30.9 Å². The van der Waals surface area contributed by atoms with Gasteiger partial charge in [0.15, 0.2) is 0 Å². The van der Waals surface area contributed by atoms with Crippen molar-refractivity contribution in [1.82, 2.24) is 0 Å². The molecular formula is C13H13BrF3O4S-. The van der Waals surface area contributed by atoms with Gasteiger partial charge in [0, 0.05) is 16.8 Å². The summed E-state index contributed by atoms with van der Waals surface area (Å²) in [4.78, 5) is 0. The van der Waals surface area contributed by atoms with Crippen LogP contribution in [0.5, 0.6) is 0 Å². The molecule has 1 fully saturated rings. The summed E-state index contributed by atoms with van der Waals surface area (Å²) in [6, 6.07) is 3.23. The molecular weight excluding hydrogens is 389 g/mol. The van der Waals surface area contributed by atoms with Crippen LogP contribution in [0.1, 0.15) is 30.1 Å². The minimum absolute atomic E-state index is 0.248. The van der Waals surface area contributed by atoms with Crippen LogP contribution < -0.4 is 0 Å². The number of ether oxygens (including phenoxy) is 1. The van der Waals surface area contributed by atoms with Crippen molar-refractivity contribution in [2.45, 2.75) is 25.1 Å². The van der Waals surface area contributed by atoms with E-state index in [0.29, 0.717) is 12.0 Å². The first-order valence-corrected chi connectivity index (χ1v) is 8.85. The highest BCUT2D eigenvalue weighted by Crippen LogP contribution is 2.38. The molecule has 2 rings (SSSR count). The zero-order valence-electron chi connectivity index (χ0n) is 11.3. The van der Waals surface area contributed by atoms with Crippen LogP contribution in [0.3, 0.4) is 0 Å². The molecule has 2 unspecified atom stereocenters. The van der Waals surface area contributed by atoms with E-state index in [1.165, 1.54) is 6.07 Å². The van der Waals surface area contributed by atoms with Gasteiger partial charge in [-0.3, -0.25) is 0 Å². The molecule has 1 heterocycles. The molecule has 0 bridgehead atoms. The first-order chi connectivity index (χ1) is 10.1. The summed E-state index contributed by atoms with van der Waals surface area (Å²) in [5.74, 6) is -0.832. The van der Waals surface area contributed by atoms with Crippen LogP contribution in [-0.2, 0) is 21.0 Å². The molecule has 0 N–H and O–H groups in total. The molecule has 124 valence electrons. The third kappa shape index (κ3) is 4.68. The number of hydrogen-bond acceptors (Lipinski definition) is 4. The maximum atomic E-state index is 12.6. The van der Waals surface area contributed by atoms with Crippen molar-refractivity contribution in [2.75, 3.05) is 12.4 Å². The lowest BCUT2D eigenvalue weighted by atomic mass is 9.93. The molecule has 9 heteroatoms. The van der Waals surface area contributed by atoms with Gasteiger partial charge in [0.1, 0.15) is 0 Å². The highest BCUT2D eigenvalue weighted by molar-refractivity contribution is 9.10. The van der Waals surface area contributed by atoms with Gasteiger partial charge in [-0.2, -0.15) is 13.2 Å². The maximum Gasteiger partial charge on any atom is 0.416 e. The van der Waals surface area contributed by atoms with E-state index >= 15 is 0 Å². The SMILES string of the molecule is O=S(=O)([O-])CC1CCOC(c2ccc(C(F)(F)F)cc2Br)C1. The lowest BCUT2D eigenvalue weighted by molar-refractivity contribution is -0.137. The van der Waals surface area contributed by atoms with Crippen molar-refractivity contribution >= 4 is 26.0 Å². The van der Waals surface area contributed by atoms with Crippen molar-refractivity contribution in [3.63, 3.8) is 0 Å². The fourth-order valence-corrected chi connectivity index (χ4v) is 4.00. The summed E-state index contributed by atoms with van der Waals surface area (Å²) >= 11 is 3.10. The van der Waals surface area contributed by atoms with Gasteiger partial charge in [0.25, 0.3) is 0 Å². The summed E-state index contributed by atoms with van der Waals surface area (Å²) < 4.78 is 76.2. The Bertz CT molecular complexity index is 645. The molecule has 1 aromatic rings. The monoisotopic (exact) mass is 401 g/mol. The zero-order valence-corrected chi connectivity index (χ0v) is 13.7. The fourth-order valence-electron chi connectivity index (χ4n) is 2.49. The first-order valence-electron chi connectivity index (χ1n) is 6.48. The highest BCUT2D eigenvalue weighted by atomic mass is 79.9. The number of rotatable bonds is 3. The number of halogens is 4. The predicted octanol–water partition coefficient (Wildman–Crippen LogP) is 3.48. The van der Waals surface area contributed by atoms with E-state index < -0.39 is 33.7 Å². The van der Waals surface area contributed by atoms with Gasteiger partial charge in [-0.15, -0.1) is 0 Å². The first kappa shape index (κ1) is 17.7.